The third kappa shape index (κ3) is 3.99. The smallest absolute Gasteiger partial charge is 0.277 e. The van der Waals surface area contributed by atoms with Crippen LogP contribution in [0.15, 0.2) is 24.3 Å². The van der Waals surface area contributed by atoms with Gasteiger partial charge in [0.05, 0.1) is 0 Å². The molecule has 1 rings (SSSR count). The molecule has 6 heteroatoms. The maximum Gasteiger partial charge on any atom is 0.320 e. The highest BCUT2D eigenvalue weighted by atomic mass is 35.5. The predicted octanol–water partition coefficient (Wildman–Crippen LogP) is 2.38. The highest BCUT2D eigenvalue weighted by Crippen LogP contribution is 2.23. The molecule has 0 heterocycles. The van der Waals surface area contributed by atoms with Gasteiger partial charge in [0.15, 0.2) is 0 Å². The third-order valence-electron chi connectivity index (χ3n) is 1.32. The molecule has 0 unspecified atom stereocenters. The fourth-order valence-electron chi connectivity index (χ4n) is 0.753. The molecule has 0 radical (unpaired) electrons. The number of hydrogen-bond acceptors (Lipinski definition) is 3. The second-order valence-corrected chi connectivity index (χ2v) is 6.04. The van der Waals surface area contributed by atoms with Gasteiger partial charge >= 0.3 is 9.15 Å². The molecule has 3 nitrogen and oxygen atoms in total. The van der Waals surface area contributed by atoms with Crippen molar-refractivity contribution in [3.05, 3.63) is 34.9 Å². The maximum absolute atomic E-state index is 10.4. The first kappa shape index (κ1) is 10.8. The van der Waals surface area contributed by atoms with E-state index in [1.165, 1.54) is 0 Å². The molecule has 1 N–H and O–H groups in total. The van der Waals surface area contributed by atoms with Crippen LogP contribution in [0.5, 0.6) is 0 Å². The Labute approximate surface area is 85.3 Å². The van der Waals surface area contributed by atoms with E-state index in [9.17, 15) is 8.42 Å². The van der Waals surface area contributed by atoms with Gasteiger partial charge in [0.2, 0.25) is 0 Å². The van der Waals surface area contributed by atoms with Gasteiger partial charge < -0.3 is 0 Å². The van der Waals surface area contributed by atoms with E-state index in [4.69, 9.17) is 16.2 Å². The molecule has 0 atom stereocenters. The minimum absolute atomic E-state index is 0.151. The fourth-order valence-corrected chi connectivity index (χ4v) is 2.39. The van der Waals surface area contributed by atoms with E-state index >= 15 is 0 Å². The van der Waals surface area contributed by atoms with Gasteiger partial charge in [-0.05, 0) is 11.6 Å². The highest BCUT2D eigenvalue weighted by molar-refractivity contribution is 8.69. The van der Waals surface area contributed by atoms with Crippen LogP contribution in [0, 0.1) is 0 Å². The average molecular weight is 239 g/mol. The summed E-state index contributed by atoms with van der Waals surface area (Å²) in [7, 11) is -3.54. The summed E-state index contributed by atoms with van der Waals surface area (Å²) in [5.41, 5.74) is 0.687. The van der Waals surface area contributed by atoms with Crippen molar-refractivity contribution in [3.8, 4) is 0 Å². The Morgan fingerprint density at radius 2 is 2.00 bits per heavy atom. The van der Waals surface area contributed by atoms with Crippen molar-refractivity contribution in [3.63, 3.8) is 0 Å². The third-order valence-corrected chi connectivity index (χ3v) is 3.66. The van der Waals surface area contributed by atoms with Gasteiger partial charge in [-0.25, -0.2) is 0 Å². The van der Waals surface area contributed by atoms with Crippen LogP contribution < -0.4 is 0 Å². The monoisotopic (exact) mass is 238 g/mol. The molecule has 0 saturated heterocycles. The van der Waals surface area contributed by atoms with Crippen molar-refractivity contribution in [2.75, 3.05) is 0 Å². The van der Waals surface area contributed by atoms with Crippen LogP contribution in [0.2, 0.25) is 5.02 Å². The first-order valence-corrected chi connectivity index (χ1v) is 6.66. The van der Waals surface area contributed by atoms with E-state index in [0.29, 0.717) is 21.4 Å². The summed E-state index contributed by atoms with van der Waals surface area (Å²) >= 11 is 5.76. The lowest BCUT2D eigenvalue weighted by Crippen LogP contribution is -1.91. The molecule has 1 aromatic rings. The zero-order valence-corrected chi connectivity index (χ0v) is 8.86. The average Bonchev–Trinajstić information content (AvgIpc) is 2.01. The van der Waals surface area contributed by atoms with Crippen molar-refractivity contribution in [1.29, 1.82) is 0 Å². The lowest BCUT2D eigenvalue weighted by atomic mass is 10.2. The Hall–Kier alpha value is -0.230. The Kier molecular flexibility index (Phi) is 3.61. The van der Waals surface area contributed by atoms with Gasteiger partial charge in [0, 0.05) is 21.6 Å². The van der Waals surface area contributed by atoms with Crippen molar-refractivity contribution in [2.45, 2.75) is 5.75 Å². The molecule has 0 aliphatic rings. The molecule has 0 fully saturated rings. The molecule has 0 aliphatic heterocycles. The van der Waals surface area contributed by atoms with Gasteiger partial charge in [-0.1, -0.05) is 29.8 Å². The number of benzene rings is 1. The predicted molar refractivity (Wildman–Crippen MR) is 54.3 cm³/mol. The number of hydrogen-bond donors (Lipinski definition) is 1. The van der Waals surface area contributed by atoms with Gasteiger partial charge in [0.25, 0.3) is 0 Å². The van der Waals surface area contributed by atoms with Crippen molar-refractivity contribution < 1.29 is 13.0 Å². The molecule has 1 aromatic carbocycles. The zero-order chi connectivity index (χ0) is 9.90. The van der Waals surface area contributed by atoms with E-state index in [2.05, 4.69) is 0 Å². The second kappa shape index (κ2) is 4.32. The summed E-state index contributed by atoms with van der Waals surface area (Å²) in [6, 6.07) is 6.89. The SMILES string of the molecule is O=S(=O)(O)SCc1ccccc1Cl. The Morgan fingerprint density at radius 1 is 1.38 bits per heavy atom. The molecule has 0 aliphatic carbocycles. The molecular formula is C7H7ClO3S2. The molecule has 0 saturated carbocycles. The lowest BCUT2D eigenvalue weighted by Gasteiger charge is -2.00. The molecule has 13 heavy (non-hydrogen) atoms. The molecular weight excluding hydrogens is 232 g/mol. The van der Waals surface area contributed by atoms with Gasteiger partial charge in [0.1, 0.15) is 0 Å². The summed E-state index contributed by atoms with van der Waals surface area (Å²) in [6.45, 7) is 0. The molecule has 0 aromatic heterocycles. The largest absolute Gasteiger partial charge is 0.320 e. The van der Waals surface area contributed by atoms with E-state index < -0.39 is 9.15 Å². The van der Waals surface area contributed by atoms with Gasteiger partial charge in [-0.2, -0.15) is 8.42 Å². The van der Waals surface area contributed by atoms with Crippen LogP contribution in [-0.2, 0) is 14.9 Å². The van der Waals surface area contributed by atoms with Crippen molar-refractivity contribution in [1.82, 2.24) is 0 Å². The zero-order valence-electron chi connectivity index (χ0n) is 6.47. The molecule has 0 bridgehead atoms. The standard InChI is InChI=1S/C7H7ClO3S2/c8-7-4-2-1-3-6(7)5-12-13(9,10)11/h1-4H,5H2,(H,9,10,11). The van der Waals surface area contributed by atoms with Crippen LogP contribution in [-0.4, -0.2) is 13.0 Å². The van der Waals surface area contributed by atoms with E-state index in [0.717, 1.165) is 0 Å². The first-order chi connectivity index (χ1) is 5.99. The minimum atomic E-state index is -3.98. The normalized spacial score (nSPS) is 11.5. The summed E-state index contributed by atoms with van der Waals surface area (Å²) in [5, 5.41) is 0.499. The quantitative estimate of drug-likeness (QED) is 0.649. The van der Waals surface area contributed by atoms with Crippen LogP contribution in [0.1, 0.15) is 5.56 Å². The Balaban J connectivity index is 2.71. The maximum atomic E-state index is 10.4. The molecule has 72 valence electrons. The summed E-state index contributed by atoms with van der Waals surface area (Å²) in [5.74, 6) is 0.151. The van der Waals surface area contributed by atoms with Crippen LogP contribution in [0.3, 0.4) is 0 Å². The Bertz CT molecular complexity index is 388. The van der Waals surface area contributed by atoms with E-state index in [1.54, 1.807) is 24.3 Å². The highest BCUT2D eigenvalue weighted by Gasteiger charge is 2.07. The van der Waals surface area contributed by atoms with Crippen LogP contribution in [0.25, 0.3) is 0 Å². The van der Waals surface area contributed by atoms with Crippen molar-refractivity contribution >= 4 is 31.5 Å². The van der Waals surface area contributed by atoms with E-state index in [1.807, 2.05) is 0 Å². The number of halogens is 1. The molecule has 0 amide bonds. The molecule has 0 spiro atoms. The topological polar surface area (TPSA) is 54.4 Å². The number of rotatable bonds is 3. The van der Waals surface area contributed by atoms with Crippen LogP contribution >= 0.6 is 22.4 Å². The van der Waals surface area contributed by atoms with E-state index in [-0.39, 0.29) is 5.75 Å². The first-order valence-electron chi connectivity index (χ1n) is 3.34. The van der Waals surface area contributed by atoms with Gasteiger partial charge in [-0.15, -0.1) is 0 Å². The minimum Gasteiger partial charge on any atom is -0.277 e. The van der Waals surface area contributed by atoms with Gasteiger partial charge in [-0.3, -0.25) is 4.55 Å². The fraction of sp³-hybridized carbons (Fsp3) is 0.143. The van der Waals surface area contributed by atoms with Crippen molar-refractivity contribution in [2.24, 2.45) is 0 Å². The summed E-state index contributed by atoms with van der Waals surface area (Å²) in [4.78, 5) is 0. The summed E-state index contributed by atoms with van der Waals surface area (Å²) < 4.78 is 29.2. The lowest BCUT2D eigenvalue weighted by molar-refractivity contribution is 0.503. The summed E-state index contributed by atoms with van der Waals surface area (Å²) in [6.07, 6.45) is 0. The second-order valence-electron chi connectivity index (χ2n) is 2.28. The van der Waals surface area contributed by atoms with Crippen LogP contribution in [0.4, 0.5) is 0 Å². The Morgan fingerprint density at radius 3 is 2.54 bits per heavy atom.